The Morgan fingerprint density at radius 1 is 1.11 bits per heavy atom. The van der Waals surface area contributed by atoms with Gasteiger partial charge in [0.25, 0.3) is 5.91 Å². The summed E-state index contributed by atoms with van der Waals surface area (Å²) in [6.45, 7) is 0. The Kier molecular flexibility index (Phi) is 2.85. The lowest BCUT2D eigenvalue weighted by Gasteiger charge is -1.99. The van der Waals surface area contributed by atoms with E-state index in [-0.39, 0.29) is 5.70 Å². The number of rotatable bonds is 2. The van der Waals surface area contributed by atoms with Crippen LogP contribution in [0.5, 0.6) is 0 Å². The summed E-state index contributed by atoms with van der Waals surface area (Å²) in [7, 11) is 0. The van der Waals surface area contributed by atoms with Crippen molar-refractivity contribution in [1.82, 2.24) is 15.6 Å². The Balaban J connectivity index is 1.94. The molecule has 1 saturated heterocycles. The molecular weight excluding hydrogens is 262 g/mol. The van der Waals surface area contributed by atoms with Crippen molar-refractivity contribution in [3.63, 3.8) is 0 Å². The Morgan fingerprint density at radius 3 is 2.68 bits per heavy atom. The minimum absolute atomic E-state index is 0.209. The van der Waals surface area contributed by atoms with Gasteiger partial charge in [0.1, 0.15) is 5.70 Å². The molecule has 1 aliphatic heterocycles. The number of urea groups is 1. The largest absolute Gasteiger partial charge is 0.326 e. The van der Waals surface area contributed by atoms with Crippen LogP contribution in [-0.2, 0) is 4.79 Å². The van der Waals surface area contributed by atoms with E-state index >= 15 is 0 Å². The molecule has 0 bridgehead atoms. The van der Waals surface area contributed by atoms with Crippen LogP contribution in [0.2, 0.25) is 0 Å². The number of hydrogen-bond acceptors (Lipinski definition) is 4. The number of aromatic nitrogens is 1. The minimum atomic E-state index is -0.509. The summed E-state index contributed by atoms with van der Waals surface area (Å²) in [4.78, 5) is 27.9. The van der Waals surface area contributed by atoms with Crippen molar-refractivity contribution in [3.8, 4) is 10.6 Å². The van der Waals surface area contributed by atoms with Crippen LogP contribution in [-0.4, -0.2) is 16.9 Å². The van der Waals surface area contributed by atoms with Crippen molar-refractivity contribution in [2.75, 3.05) is 0 Å². The van der Waals surface area contributed by atoms with E-state index in [1.54, 1.807) is 23.5 Å². The fraction of sp³-hybridized carbons (Fsp3) is 0. The van der Waals surface area contributed by atoms with Gasteiger partial charge in [0, 0.05) is 0 Å². The second-order valence-corrected chi connectivity index (χ2v) is 4.84. The van der Waals surface area contributed by atoms with Gasteiger partial charge in [-0.05, 0) is 29.7 Å². The third-order valence-electron chi connectivity index (χ3n) is 2.56. The number of thiophene rings is 1. The molecule has 0 radical (unpaired) electrons. The predicted octanol–water partition coefficient (Wildman–Crippen LogP) is 1.99. The Hall–Kier alpha value is -2.47. The van der Waals surface area contributed by atoms with Gasteiger partial charge in [0.15, 0.2) is 0 Å². The normalized spacial score (nSPS) is 16.5. The molecule has 3 amide bonds. The first-order chi connectivity index (χ1) is 9.22. The molecular formula is C13H9N3O2S. The third-order valence-corrected chi connectivity index (χ3v) is 3.45. The fourth-order valence-electron chi connectivity index (χ4n) is 1.72. The van der Waals surface area contributed by atoms with Gasteiger partial charge in [-0.1, -0.05) is 12.1 Å². The smallest absolute Gasteiger partial charge is 0.303 e. The fourth-order valence-corrected chi connectivity index (χ4v) is 2.42. The monoisotopic (exact) mass is 271 g/mol. The molecule has 2 N–H and O–H groups in total. The molecule has 2 aromatic heterocycles. The highest BCUT2D eigenvalue weighted by molar-refractivity contribution is 7.13. The summed E-state index contributed by atoms with van der Waals surface area (Å²) in [6.07, 6.45) is 1.55. The summed E-state index contributed by atoms with van der Waals surface area (Å²) in [6, 6.07) is 8.98. The number of nitrogens with zero attached hydrogens (tertiary/aromatic N) is 1. The lowest BCUT2D eigenvalue weighted by atomic mass is 10.2. The van der Waals surface area contributed by atoms with Gasteiger partial charge in [-0.3, -0.25) is 10.1 Å². The minimum Gasteiger partial charge on any atom is -0.303 e. The number of pyridine rings is 1. The quantitative estimate of drug-likeness (QED) is 0.648. The number of carbonyl (C=O) groups is 2. The van der Waals surface area contributed by atoms with Gasteiger partial charge in [0.2, 0.25) is 0 Å². The molecule has 19 heavy (non-hydrogen) atoms. The topological polar surface area (TPSA) is 71.1 Å². The molecule has 6 heteroatoms. The van der Waals surface area contributed by atoms with Crippen molar-refractivity contribution in [3.05, 3.63) is 47.1 Å². The summed E-state index contributed by atoms with van der Waals surface area (Å²) < 4.78 is 0. The third kappa shape index (κ3) is 2.38. The number of amides is 3. The molecule has 1 aliphatic rings. The van der Waals surface area contributed by atoms with Crippen LogP contribution in [0.15, 0.2) is 41.4 Å². The van der Waals surface area contributed by atoms with Crippen LogP contribution in [0.1, 0.15) is 5.69 Å². The average Bonchev–Trinajstić information content (AvgIpc) is 3.01. The maximum absolute atomic E-state index is 11.4. The molecule has 5 nitrogen and oxygen atoms in total. The first kappa shape index (κ1) is 11.6. The van der Waals surface area contributed by atoms with Crippen molar-refractivity contribution >= 4 is 29.4 Å². The molecule has 0 saturated carbocycles. The van der Waals surface area contributed by atoms with Gasteiger partial charge < -0.3 is 5.32 Å². The van der Waals surface area contributed by atoms with Crippen LogP contribution in [0.25, 0.3) is 16.6 Å². The lowest BCUT2D eigenvalue weighted by Crippen LogP contribution is -2.22. The van der Waals surface area contributed by atoms with Crippen LogP contribution in [0.4, 0.5) is 4.79 Å². The molecule has 2 aromatic rings. The van der Waals surface area contributed by atoms with Crippen LogP contribution < -0.4 is 10.6 Å². The first-order valence-corrected chi connectivity index (χ1v) is 6.45. The second-order valence-electron chi connectivity index (χ2n) is 3.89. The van der Waals surface area contributed by atoms with Gasteiger partial charge in [-0.2, -0.15) is 0 Å². The first-order valence-electron chi connectivity index (χ1n) is 5.57. The molecule has 1 fully saturated rings. The maximum atomic E-state index is 11.4. The van der Waals surface area contributed by atoms with Crippen molar-refractivity contribution in [1.29, 1.82) is 0 Å². The van der Waals surface area contributed by atoms with Crippen molar-refractivity contribution < 1.29 is 9.59 Å². The molecule has 0 aliphatic carbocycles. The highest BCUT2D eigenvalue weighted by Crippen LogP contribution is 2.23. The predicted molar refractivity (Wildman–Crippen MR) is 72.2 cm³/mol. The van der Waals surface area contributed by atoms with E-state index in [4.69, 9.17) is 0 Å². The van der Waals surface area contributed by atoms with Gasteiger partial charge >= 0.3 is 6.03 Å². The van der Waals surface area contributed by atoms with Crippen LogP contribution in [0.3, 0.4) is 0 Å². The van der Waals surface area contributed by atoms with E-state index in [1.165, 1.54) is 0 Å². The maximum Gasteiger partial charge on any atom is 0.326 e. The number of imide groups is 1. The molecule has 0 spiro atoms. The Morgan fingerprint density at radius 2 is 2.00 bits per heavy atom. The highest BCUT2D eigenvalue weighted by atomic mass is 32.1. The van der Waals surface area contributed by atoms with E-state index in [9.17, 15) is 9.59 Å². The van der Waals surface area contributed by atoms with Gasteiger partial charge in [-0.25, -0.2) is 9.78 Å². The van der Waals surface area contributed by atoms with E-state index in [2.05, 4.69) is 15.6 Å². The molecule has 0 aromatic carbocycles. The Labute approximate surface area is 113 Å². The summed E-state index contributed by atoms with van der Waals surface area (Å²) in [5.74, 6) is -0.437. The summed E-state index contributed by atoms with van der Waals surface area (Å²) >= 11 is 1.60. The molecule has 94 valence electrons. The van der Waals surface area contributed by atoms with Crippen molar-refractivity contribution in [2.24, 2.45) is 0 Å². The number of hydrogen-bond donors (Lipinski definition) is 2. The van der Waals surface area contributed by atoms with Crippen molar-refractivity contribution in [2.45, 2.75) is 0 Å². The highest BCUT2D eigenvalue weighted by Gasteiger charge is 2.22. The summed E-state index contributed by atoms with van der Waals surface area (Å²) in [5, 5.41) is 6.56. The molecule has 3 rings (SSSR count). The van der Waals surface area contributed by atoms with Gasteiger partial charge in [-0.15, -0.1) is 11.3 Å². The van der Waals surface area contributed by atoms with Crippen LogP contribution >= 0.6 is 11.3 Å². The van der Waals surface area contributed by atoms with E-state index in [0.29, 0.717) is 5.69 Å². The molecule has 3 heterocycles. The van der Waals surface area contributed by atoms with E-state index < -0.39 is 11.9 Å². The lowest BCUT2D eigenvalue weighted by molar-refractivity contribution is -0.115. The second kappa shape index (κ2) is 4.66. The number of carbonyl (C=O) groups excluding carboxylic acids is 2. The zero-order chi connectivity index (χ0) is 13.2. The standard InChI is InChI=1S/C13H9N3O2S/c17-12-10(15-13(18)16-12)7-8-3-1-4-9(14-8)11-5-2-6-19-11/h1-7H,(H2,15,16,17,18)/b10-7-. The van der Waals surface area contributed by atoms with Crippen LogP contribution in [0, 0.1) is 0 Å². The number of nitrogens with one attached hydrogen (secondary N) is 2. The van der Waals surface area contributed by atoms with E-state index in [0.717, 1.165) is 10.6 Å². The van der Waals surface area contributed by atoms with E-state index in [1.807, 2.05) is 29.6 Å². The zero-order valence-corrected chi connectivity index (χ0v) is 10.5. The SMILES string of the molecule is O=C1NC(=O)/C(=C/c2cccc(-c3cccs3)n2)N1. The average molecular weight is 271 g/mol. The van der Waals surface area contributed by atoms with Gasteiger partial charge in [0.05, 0.1) is 16.3 Å². The Bertz CT molecular complexity index is 677. The zero-order valence-electron chi connectivity index (χ0n) is 9.71. The molecule has 0 atom stereocenters. The molecule has 0 unspecified atom stereocenters. The summed E-state index contributed by atoms with van der Waals surface area (Å²) in [5.41, 5.74) is 1.67.